The highest BCUT2D eigenvalue weighted by molar-refractivity contribution is 5.71. The lowest BCUT2D eigenvalue weighted by Gasteiger charge is -2.30. The topological polar surface area (TPSA) is 27.7 Å². The molecule has 1 aliphatic heterocycles. The molecule has 3 aromatic carbocycles. The van der Waals surface area contributed by atoms with Gasteiger partial charge in [0.05, 0.1) is 19.8 Å². The molecule has 36 heavy (non-hydrogen) atoms. The first-order chi connectivity index (χ1) is 17.4. The van der Waals surface area contributed by atoms with E-state index in [1.165, 1.54) is 36.4 Å². The summed E-state index contributed by atoms with van der Waals surface area (Å²) < 4.78 is 75.5. The maximum absolute atomic E-state index is 15.0. The van der Waals surface area contributed by atoms with Crippen molar-refractivity contribution in [3.05, 3.63) is 90.0 Å². The van der Waals surface area contributed by atoms with Crippen LogP contribution in [0.3, 0.4) is 0 Å². The Balaban J connectivity index is 1.52. The first-order valence-corrected chi connectivity index (χ1v) is 12.0. The van der Waals surface area contributed by atoms with E-state index in [-0.39, 0.29) is 48.6 Å². The maximum Gasteiger partial charge on any atom is 0.201 e. The molecule has 1 aliphatic rings. The Morgan fingerprint density at radius 1 is 0.833 bits per heavy atom. The molecule has 3 aromatic rings. The van der Waals surface area contributed by atoms with Crippen LogP contribution in [0.5, 0.6) is 5.75 Å². The molecule has 1 saturated heterocycles. The standard InChI is InChI=1S/C29H28F4O3/c1-3-5-6-25-35-16-20(17-36-25)23-12-11-21(26(30)27(23)31)18-7-9-19(10-8-18)22-13-14-24(34-15-4-2)29(33)28(22)32/h3,7-14,20,25H,1,4-6,15-17H2,2H3. The zero-order valence-electron chi connectivity index (χ0n) is 20.0. The molecule has 0 atom stereocenters. The summed E-state index contributed by atoms with van der Waals surface area (Å²) in [5.74, 6) is -4.58. The number of benzene rings is 3. The van der Waals surface area contributed by atoms with Gasteiger partial charge in [0.2, 0.25) is 5.82 Å². The van der Waals surface area contributed by atoms with Gasteiger partial charge in [-0.2, -0.15) is 4.39 Å². The van der Waals surface area contributed by atoms with Gasteiger partial charge in [-0.25, -0.2) is 13.2 Å². The van der Waals surface area contributed by atoms with Crippen molar-refractivity contribution in [1.29, 1.82) is 0 Å². The summed E-state index contributed by atoms with van der Waals surface area (Å²) in [5.41, 5.74) is 1.12. The Kier molecular flexibility index (Phi) is 8.44. The SMILES string of the molecule is C=CCCC1OCC(c2ccc(-c3ccc(-c4ccc(OCCC)c(F)c4F)cc3)c(F)c2F)CO1. The van der Waals surface area contributed by atoms with E-state index in [0.717, 1.165) is 6.42 Å². The van der Waals surface area contributed by atoms with Crippen molar-refractivity contribution in [2.24, 2.45) is 0 Å². The molecule has 190 valence electrons. The van der Waals surface area contributed by atoms with Crippen molar-refractivity contribution < 1.29 is 31.8 Å². The molecule has 0 saturated carbocycles. The van der Waals surface area contributed by atoms with Crippen LogP contribution in [-0.2, 0) is 9.47 Å². The second-order valence-electron chi connectivity index (χ2n) is 8.65. The molecular formula is C29H28F4O3. The molecule has 0 N–H and O–H groups in total. The van der Waals surface area contributed by atoms with Gasteiger partial charge < -0.3 is 14.2 Å². The van der Waals surface area contributed by atoms with Crippen LogP contribution in [0.1, 0.15) is 37.7 Å². The van der Waals surface area contributed by atoms with Crippen molar-refractivity contribution in [2.45, 2.75) is 38.4 Å². The van der Waals surface area contributed by atoms with E-state index < -0.39 is 29.2 Å². The monoisotopic (exact) mass is 500 g/mol. The van der Waals surface area contributed by atoms with Gasteiger partial charge in [-0.05, 0) is 41.7 Å². The molecular weight excluding hydrogens is 472 g/mol. The van der Waals surface area contributed by atoms with Crippen molar-refractivity contribution in [3.8, 4) is 28.0 Å². The number of halogens is 4. The Morgan fingerprint density at radius 3 is 2.00 bits per heavy atom. The molecule has 0 aliphatic carbocycles. The Morgan fingerprint density at radius 2 is 1.42 bits per heavy atom. The molecule has 0 bridgehead atoms. The Bertz CT molecular complexity index is 1200. The summed E-state index contributed by atoms with van der Waals surface area (Å²) in [7, 11) is 0. The van der Waals surface area contributed by atoms with E-state index >= 15 is 4.39 Å². The van der Waals surface area contributed by atoms with E-state index in [1.807, 2.05) is 6.92 Å². The van der Waals surface area contributed by atoms with E-state index in [2.05, 4.69) is 6.58 Å². The molecule has 1 heterocycles. The highest BCUT2D eigenvalue weighted by Gasteiger charge is 2.27. The molecule has 0 unspecified atom stereocenters. The van der Waals surface area contributed by atoms with Gasteiger partial charge in [-0.3, -0.25) is 0 Å². The Labute approximate surface area is 208 Å². The van der Waals surface area contributed by atoms with Crippen molar-refractivity contribution >= 4 is 0 Å². The minimum atomic E-state index is -1.06. The van der Waals surface area contributed by atoms with E-state index in [4.69, 9.17) is 14.2 Å². The van der Waals surface area contributed by atoms with Gasteiger partial charge in [0.25, 0.3) is 0 Å². The first-order valence-electron chi connectivity index (χ1n) is 12.0. The van der Waals surface area contributed by atoms with Gasteiger partial charge in [0.1, 0.15) is 0 Å². The highest BCUT2D eigenvalue weighted by Crippen LogP contribution is 2.34. The second kappa shape index (κ2) is 11.7. The second-order valence-corrected chi connectivity index (χ2v) is 8.65. The predicted octanol–water partition coefficient (Wildman–Crippen LogP) is 7.79. The minimum absolute atomic E-state index is 0.0496. The van der Waals surface area contributed by atoms with Gasteiger partial charge in [-0.1, -0.05) is 49.4 Å². The molecule has 7 heteroatoms. The number of allylic oxidation sites excluding steroid dienone is 1. The fourth-order valence-corrected chi connectivity index (χ4v) is 4.15. The van der Waals surface area contributed by atoms with E-state index in [0.29, 0.717) is 24.0 Å². The van der Waals surface area contributed by atoms with Crippen molar-refractivity contribution in [3.63, 3.8) is 0 Å². The number of ether oxygens (including phenoxy) is 3. The summed E-state index contributed by atoms with van der Waals surface area (Å²) in [5, 5.41) is 0. The average molecular weight is 501 g/mol. The van der Waals surface area contributed by atoms with Gasteiger partial charge in [0.15, 0.2) is 29.5 Å². The lowest BCUT2D eigenvalue weighted by atomic mass is 9.94. The molecule has 0 aromatic heterocycles. The van der Waals surface area contributed by atoms with Crippen LogP contribution in [0.15, 0.2) is 61.2 Å². The highest BCUT2D eigenvalue weighted by atomic mass is 19.2. The predicted molar refractivity (Wildman–Crippen MR) is 131 cm³/mol. The van der Waals surface area contributed by atoms with Crippen LogP contribution >= 0.6 is 0 Å². The molecule has 0 spiro atoms. The number of hydrogen-bond acceptors (Lipinski definition) is 3. The molecule has 4 rings (SSSR count). The molecule has 0 amide bonds. The fraction of sp³-hybridized carbons (Fsp3) is 0.310. The fourth-order valence-electron chi connectivity index (χ4n) is 4.15. The average Bonchev–Trinajstić information content (AvgIpc) is 2.90. The summed E-state index contributed by atoms with van der Waals surface area (Å²) in [6.45, 7) is 6.28. The summed E-state index contributed by atoms with van der Waals surface area (Å²) in [6.07, 6.45) is 3.47. The van der Waals surface area contributed by atoms with Gasteiger partial charge in [0, 0.05) is 23.5 Å². The minimum Gasteiger partial charge on any atom is -0.490 e. The summed E-state index contributed by atoms with van der Waals surface area (Å²) in [4.78, 5) is 0. The number of rotatable bonds is 9. The first kappa shape index (κ1) is 25.9. The molecule has 1 fully saturated rings. The zero-order valence-corrected chi connectivity index (χ0v) is 20.0. The molecule has 0 radical (unpaired) electrons. The number of hydrogen-bond donors (Lipinski definition) is 0. The smallest absolute Gasteiger partial charge is 0.201 e. The van der Waals surface area contributed by atoms with Crippen LogP contribution < -0.4 is 4.74 Å². The van der Waals surface area contributed by atoms with Gasteiger partial charge in [-0.15, -0.1) is 6.58 Å². The Hall–Kier alpha value is -3.16. The van der Waals surface area contributed by atoms with E-state index in [9.17, 15) is 13.2 Å². The third-order valence-corrected chi connectivity index (χ3v) is 6.14. The lowest BCUT2D eigenvalue weighted by Crippen LogP contribution is -2.31. The van der Waals surface area contributed by atoms with Crippen LogP contribution in [0.2, 0.25) is 0 Å². The van der Waals surface area contributed by atoms with Crippen molar-refractivity contribution in [1.82, 2.24) is 0 Å². The van der Waals surface area contributed by atoms with E-state index in [1.54, 1.807) is 18.2 Å². The van der Waals surface area contributed by atoms with Gasteiger partial charge >= 0.3 is 0 Å². The van der Waals surface area contributed by atoms with Crippen LogP contribution in [0.25, 0.3) is 22.3 Å². The quantitative estimate of drug-likeness (QED) is 0.222. The molecule has 3 nitrogen and oxygen atoms in total. The van der Waals surface area contributed by atoms with Crippen LogP contribution in [0.4, 0.5) is 17.6 Å². The lowest BCUT2D eigenvalue weighted by molar-refractivity contribution is -0.189. The third kappa shape index (κ3) is 5.47. The van der Waals surface area contributed by atoms with Crippen LogP contribution in [0, 0.1) is 23.3 Å². The zero-order chi connectivity index (χ0) is 25.7. The largest absolute Gasteiger partial charge is 0.490 e. The normalized spacial score (nSPS) is 17.7. The van der Waals surface area contributed by atoms with Crippen molar-refractivity contribution in [2.75, 3.05) is 19.8 Å². The van der Waals surface area contributed by atoms with Crippen LogP contribution in [-0.4, -0.2) is 26.1 Å². The summed E-state index contributed by atoms with van der Waals surface area (Å²) >= 11 is 0. The third-order valence-electron chi connectivity index (χ3n) is 6.14. The summed E-state index contributed by atoms with van der Waals surface area (Å²) in [6, 6.07) is 12.0. The maximum atomic E-state index is 15.0.